The molecule has 2 heteroatoms. The number of hydrogen-bond acceptors (Lipinski definition) is 2. The van der Waals surface area contributed by atoms with Crippen LogP contribution in [-0.4, -0.2) is 19.2 Å². The van der Waals surface area contributed by atoms with Crippen LogP contribution in [0.15, 0.2) is 30.3 Å². The van der Waals surface area contributed by atoms with E-state index < -0.39 is 0 Å². The molecule has 1 aromatic rings. The van der Waals surface area contributed by atoms with Gasteiger partial charge in [0.2, 0.25) is 0 Å². The summed E-state index contributed by atoms with van der Waals surface area (Å²) < 4.78 is 5.51. The highest BCUT2D eigenvalue weighted by atomic mass is 16.5. The van der Waals surface area contributed by atoms with Crippen molar-refractivity contribution in [1.29, 1.82) is 0 Å². The smallest absolute Gasteiger partial charge is 0.119 e. The molecule has 1 aromatic carbocycles. The third-order valence-electron chi connectivity index (χ3n) is 2.11. The Morgan fingerprint density at radius 3 is 2.73 bits per heavy atom. The molecule has 1 atom stereocenters. The Balaban J connectivity index is 2.15. The van der Waals surface area contributed by atoms with Crippen LogP contribution in [0.25, 0.3) is 0 Å². The number of nitrogens with one attached hydrogen (secondary N) is 1. The van der Waals surface area contributed by atoms with Gasteiger partial charge in [-0.25, -0.2) is 0 Å². The molecule has 0 saturated carbocycles. The van der Waals surface area contributed by atoms with Crippen molar-refractivity contribution in [3.63, 3.8) is 0 Å². The number of para-hydroxylation sites is 1. The van der Waals surface area contributed by atoms with Crippen LogP contribution in [0.4, 0.5) is 0 Å². The second-order valence-corrected chi connectivity index (χ2v) is 3.24. The van der Waals surface area contributed by atoms with Crippen LogP contribution in [0.5, 0.6) is 5.75 Å². The minimum atomic E-state index is 0.157. The van der Waals surface area contributed by atoms with Gasteiger partial charge in [0.1, 0.15) is 12.4 Å². The van der Waals surface area contributed by atoms with E-state index in [0.29, 0.717) is 6.61 Å². The second kappa shape index (κ2) is 6.92. The average Bonchev–Trinajstić information content (AvgIpc) is 2.31. The van der Waals surface area contributed by atoms with Gasteiger partial charge in [0.15, 0.2) is 0 Å². The molecule has 0 aliphatic rings. The molecule has 1 rings (SSSR count). The van der Waals surface area contributed by atoms with Gasteiger partial charge in [0.05, 0.1) is 6.04 Å². The second-order valence-electron chi connectivity index (χ2n) is 3.24. The Hall–Kier alpha value is -1.46. The topological polar surface area (TPSA) is 21.3 Å². The highest BCUT2D eigenvalue weighted by Crippen LogP contribution is 2.07. The molecular formula is C13H17NO. The van der Waals surface area contributed by atoms with Gasteiger partial charge in [-0.3, -0.25) is 0 Å². The first kappa shape index (κ1) is 11.6. The molecule has 0 aromatic heterocycles. The lowest BCUT2D eigenvalue weighted by Gasteiger charge is -2.11. The van der Waals surface area contributed by atoms with Crippen molar-refractivity contribution >= 4 is 0 Å². The maximum absolute atomic E-state index is 5.51. The molecule has 0 saturated heterocycles. The molecule has 0 aliphatic heterocycles. The fourth-order valence-corrected chi connectivity index (χ4v) is 1.24. The summed E-state index contributed by atoms with van der Waals surface area (Å²) in [6.07, 6.45) is 6.27. The summed E-state index contributed by atoms with van der Waals surface area (Å²) in [4.78, 5) is 0. The number of hydrogen-bond donors (Lipinski definition) is 1. The first-order valence-corrected chi connectivity index (χ1v) is 5.24. The van der Waals surface area contributed by atoms with Crippen molar-refractivity contribution in [2.45, 2.75) is 19.4 Å². The van der Waals surface area contributed by atoms with Gasteiger partial charge in [-0.05, 0) is 18.6 Å². The summed E-state index contributed by atoms with van der Waals surface area (Å²) in [6, 6.07) is 9.93. The molecular weight excluding hydrogens is 186 g/mol. The van der Waals surface area contributed by atoms with Crippen LogP contribution >= 0.6 is 0 Å². The molecule has 1 N–H and O–H groups in total. The lowest BCUT2D eigenvalue weighted by atomic mass is 10.2. The quantitative estimate of drug-likeness (QED) is 0.564. The molecule has 15 heavy (non-hydrogen) atoms. The van der Waals surface area contributed by atoms with Gasteiger partial charge in [0.25, 0.3) is 0 Å². The minimum Gasteiger partial charge on any atom is -0.492 e. The lowest BCUT2D eigenvalue weighted by Crippen LogP contribution is -2.30. The Bertz CT molecular complexity index is 302. The highest BCUT2D eigenvalue weighted by Gasteiger charge is 1.99. The maximum Gasteiger partial charge on any atom is 0.119 e. The minimum absolute atomic E-state index is 0.157. The van der Waals surface area contributed by atoms with E-state index in [2.05, 4.69) is 18.2 Å². The molecule has 0 aliphatic carbocycles. The van der Waals surface area contributed by atoms with Crippen LogP contribution in [0.3, 0.4) is 0 Å². The van der Waals surface area contributed by atoms with E-state index in [1.807, 2.05) is 30.3 Å². The van der Waals surface area contributed by atoms with Crippen LogP contribution < -0.4 is 10.1 Å². The lowest BCUT2D eigenvalue weighted by molar-refractivity contribution is 0.310. The number of ether oxygens (including phenoxy) is 1. The summed E-state index contributed by atoms with van der Waals surface area (Å²) in [5.41, 5.74) is 0. The molecule has 0 amide bonds. The summed E-state index contributed by atoms with van der Waals surface area (Å²) in [5, 5.41) is 3.23. The SMILES string of the molecule is C#CC(CC)NCCOc1ccccc1. The first-order valence-electron chi connectivity index (χ1n) is 5.24. The number of benzene rings is 1. The van der Waals surface area contributed by atoms with Crippen molar-refractivity contribution in [2.24, 2.45) is 0 Å². The van der Waals surface area contributed by atoms with Crippen molar-refractivity contribution in [3.05, 3.63) is 30.3 Å². The van der Waals surface area contributed by atoms with Gasteiger partial charge >= 0.3 is 0 Å². The van der Waals surface area contributed by atoms with E-state index >= 15 is 0 Å². The predicted octanol–water partition coefficient (Wildman–Crippen LogP) is 2.07. The number of terminal acetylenes is 1. The zero-order valence-corrected chi connectivity index (χ0v) is 9.07. The van der Waals surface area contributed by atoms with Gasteiger partial charge < -0.3 is 10.1 Å². The van der Waals surface area contributed by atoms with Crippen molar-refractivity contribution < 1.29 is 4.74 Å². The zero-order chi connectivity index (χ0) is 10.9. The van der Waals surface area contributed by atoms with Crippen molar-refractivity contribution in [1.82, 2.24) is 5.32 Å². The maximum atomic E-state index is 5.51. The molecule has 0 bridgehead atoms. The molecule has 1 unspecified atom stereocenters. The van der Waals surface area contributed by atoms with Crippen LogP contribution in [-0.2, 0) is 0 Å². The molecule has 2 nitrogen and oxygen atoms in total. The average molecular weight is 203 g/mol. The van der Waals surface area contributed by atoms with Crippen LogP contribution in [0, 0.1) is 12.3 Å². The van der Waals surface area contributed by atoms with Crippen LogP contribution in [0.1, 0.15) is 13.3 Å². The molecule has 0 fully saturated rings. The molecule has 80 valence electrons. The van der Waals surface area contributed by atoms with Crippen molar-refractivity contribution in [3.8, 4) is 18.1 Å². The molecule has 0 radical (unpaired) electrons. The van der Waals surface area contributed by atoms with Gasteiger partial charge in [-0.1, -0.05) is 31.0 Å². The first-order chi connectivity index (χ1) is 7.36. The van der Waals surface area contributed by atoms with Crippen LogP contribution in [0.2, 0.25) is 0 Å². The normalized spacial score (nSPS) is 11.7. The fourth-order valence-electron chi connectivity index (χ4n) is 1.24. The van der Waals surface area contributed by atoms with E-state index in [-0.39, 0.29) is 6.04 Å². The van der Waals surface area contributed by atoms with Crippen molar-refractivity contribution in [2.75, 3.05) is 13.2 Å². The largest absolute Gasteiger partial charge is 0.492 e. The van der Waals surface area contributed by atoms with E-state index in [1.54, 1.807) is 0 Å². The van der Waals surface area contributed by atoms with Gasteiger partial charge in [0, 0.05) is 6.54 Å². The van der Waals surface area contributed by atoms with Gasteiger partial charge in [-0.15, -0.1) is 6.42 Å². The van der Waals surface area contributed by atoms with E-state index in [0.717, 1.165) is 18.7 Å². The number of rotatable bonds is 6. The third kappa shape index (κ3) is 4.53. The summed E-state index contributed by atoms with van der Waals surface area (Å²) in [5.74, 6) is 3.58. The summed E-state index contributed by atoms with van der Waals surface area (Å²) in [6.45, 7) is 3.48. The standard InChI is InChI=1S/C13H17NO/c1-3-12(4-2)14-10-11-15-13-8-6-5-7-9-13/h1,5-9,12,14H,4,10-11H2,2H3. The van der Waals surface area contributed by atoms with E-state index in [4.69, 9.17) is 11.2 Å². The third-order valence-corrected chi connectivity index (χ3v) is 2.11. The zero-order valence-electron chi connectivity index (χ0n) is 9.07. The van der Waals surface area contributed by atoms with E-state index in [1.165, 1.54) is 0 Å². The fraction of sp³-hybridized carbons (Fsp3) is 0.385. The highest BCUT2D eigenvalue weighted by molar-refractivity contribution is 5.20. The Morgan fingerprint density at radius 1 is 1.40 bits per heavy atom. The Labute approximate surface area is 91.6 Å². The van der Waals surface area contributed by atoms with E-state index in [9.17, 15) is 0 Å². The summed E-state index contributed by atoms with van der Waals surface area (Å²) >= 11 is 0. The molecule has 0 heterocycles. The van der Waals surface area contributed by atoms with Gasteiger partial charge in [-0.2, -0.15) is 0 Å². The Morgan fingerprint density at radius 2 is 2.13 bits per heavy atom. The predicted molar refractivity (Wildman–Crippen MR) is 62.9 cm³/mol. The molecule has 0 spiro atoms. The Kier molecular flexibility index (Phi) is 5.35. The summed E-state index contributed by atoms with van der Waals surface area (Å²) in [7, 11) is 0. The monoisotopic (exact) mass is 203 g/mol.